The van der Waals surface area contributed by atoms with Gasteiger partial charge in [-0.1, -0.05) is 30.3 Å². The molecule has 1 aliphatic rings. The van der Waals surface area contributed by atoms with Crippen molar-refractivity contribution in [2.24, 2.45) is 4.99 Å². The fourth-order valence-corrected chi connectivity index (χ4v) is 2.93. The van der Waals surface area contributed by atoms with Gasteiger partial charge in [0, 0.05) is 26.6 Å². The third-order valence-corrected chi connectivity index (χ3v) is 4.31. The quantitative estimate of drug-likeness (QED) is 0.435. The Morgan fingerprint density at radius 1 is 1.12 bits per heavy atom. The minimum atomic E-state index is 0.686. The first-order valence-corrected chi connectivity index (χ1v) is 9.22. The van der Waals surface area contributed by atoms with Gasteiger partial charge in [-0.25, -0.2) is 0 Å². The Bertz CT molecular complexity index is 716. The van der Waals surface area contributed by atoms with Crippen LogP contribution in [0.1, 0.15) is 17.5 Å². The maximum absolute atomic E-state index is 5.69. The molecule has 0 aromatic heterocycles. The van der Waals surface area contributed by atoms with Crippen LogP contribution in [0.5, 0.6) is 11.5 Å². The van der Waals surface area contributed by atoms with Gasteiger partial charge in [0.15, 0.2) is 5.96 Å². The summed E-state index contributed by atoms with van der Waals surface area (Å²) >= 11 is 0. The lowest BCUT2D eigenvalue weighted by atomic mass is 10.1. The van der Waals surface area contributed by atoms with Crippen LogP contribution in [-0.2, 0) is 12.8 Å². The van der Waals surface area contributed by atoms with Gasteiger partial charge in [0.1, 0.15) is 11.5 Å². The highest BCUT2D eigenvalue weighted by molar-refractivity contribution is 5.79. The molecule has 3 rings (SSSR count). The highest BCUT2D eigenvalue weighted by atomic mass is 16.5. The fraction of sp³-hybridized carbons (Fsp3) is 0.381. The predicted molar refractivity (Wildman–Crippen MR) is 105 cm³/mol. The lowest BCUT2D eigenvalue weighted by Gasteiger charge is -2.12. The summed E-state index contributed by atoms with van der Waals surface area (Å²) in [6.07, 6.45) is 2.90. The predicted octanol–water partition coefficient (Wildman–Crippen LogP) is 2.80. The molecule has 0 amide bonds. The normalized spacial score (nSPS) is 13.0. The van der Waals surface area contributed by atoms with E-state index < -0.39 is 0 Å². The summed E-state index contributed by atoms with van der Waals surface area (Å²) in [6.45, 7) is 3.16. The van der Waals surface area contributed by atoms with E-state index in [1.54, 1.807) is 7.05 Å². The van der Waals surface area contributed by atoms with Gasteiger partial charge < -0.3 is 20.1 Å². The third kappa shape index (κ3) is 5.41. The highest BCUT2D eigenvalue weighted by Gasteiger charge is 2.11. The van der Waals surface area contributed by atoms with Gasteiger partial charge in [0.05, 0.1) is 13.2 Å². The molecule has 1 heterocycles. The summed E-state index contributed by atoms with van der Waals surface area (Å²) in [7, 11) is 1.79. The Kier molecular flexibility index (Phi) is 6.76. The van der Waals surface area contributed by atoms with Crippen LogP contribution >= 0.6 is 0 Å². The van der Waals surface area contributed by atoms with E-state index in [0.717, 1.165) is 56.4 Å². The van der Waals surface area contributed by atoms with Crippen LogP contribution < -0.4 is 20.1 Å². The molecule has 5 heteroatoms. The molecule has 138 valence electrons. The first kappa shape index (κ1) is 18.1. The topological polar surface area (TPSA) is 54.9 Å². The molecule has 26 heavy (non-hydrogen) atoms. The zero-order chi connectivity index (χ0) is 18.0. The average Bonchev–Trinajstić information content (AvgIpc) is 3.15. The molecular weight excluding hydrogens is 326 g/mol. The molecule has 0 radical (unpaired) electrons. The van der Waals surface area contributed by atoms with E-state index in [0.29, 0.717) is 6.61 Å². The van der Waals surface area contributed by atoms with Crippen LogP contribution in [0, 0.1) is 0 Å². The molecule has 1 aliphatic heterocycles. The van der Waals surface area contributed by atoms with Crippen LogP contribution in [0.2, 0.25) is 0 Å². The van der Waals surface area contributed by atoms with E-state index in [1.807, 2.05) is 30.3 Å². The van der Waals surface area contributed by atoms with Crippen LogP contribution in [0.3, 0.4) is 0 Å². The van der Waals surface area contributed by atoms with Gasteiger partial charge in [0.2, 0.25) is 0 Å². The molecule has 0 spiro atoms. The van der Waals surface area contributed by atoms with Gasteiger partial charge in [-0.15, -0.1) is 0 Å². The Hall–Kier alpha value is -2.69. The zero-order valence-corrected chi connectivity index (χ0v) is 15.3. The minimum Gasteiger partial charge on any atom is -0.494 e. The van der Waals surface area contributed by atoms with Crippen LogP contribution in [-0.4, -0.2) is 39.3 Å². The number of nitrogens with zero attached hydrogens (tertiary/aromatic N) is 1. The molecule has 0 bridgehead atoms. The van der Waals surface area contributed by atoms with Crippen molar-refractivity contribution in [2.45, 2.75) is 19.3 Å². The summed E-state index contributed by atoms with van der Waals surface area (Å²) in [5.41, 5.74) is 2.65. The SMILES string of the molecule is CN=C(NCCCOc1ccccc1)NCCc1ccc2c(c1)CCO2. The Balaban J connectivity index is 1.31. The van der Waals surface area contributed by atoms with Crippen molar-refractivity contribution < 1.29 is 9.47 Å². The molecule has 2 aromatic carbocycles. The molecule has 0 atom stereocenters. The van der Waals surface area contributed by atoms with Gasteiger partial charge in [-0.05, 0) is 42.2 Å². The number of aliphatic imine (C=N–C) groups is 1. The molecule has 5 nitrogen and oxygen atoms in total. The van der Waals surface area contributed by atoms with Crippen molar-refractivity contribution in [2.75, 3.05) is 33.4 Å². The number of nitrogens with one attached hydrogen (secondary N) is 2. The highest BCUT2D eigenvalue weighted by Crippen LogP contribution is 2.25. The molecule has 0 saturated carbocycles. The van der Waals surface area contributed by atoms with Crippen molar-refractivity contribution in [3.05, 3.63) is 59.7 Å². The van der Waals surface area contributed by atoms with Crippen molar-refractivity contribution in [1.29, 1.82) is 0 Å². The monoisotopic (exact) mass is 353 g/mol. The van der Waals surface area contributed by atoms with Gasteiger partial charge in [-0.3, -0.25) is 4.99 Å². The van der Waals surface area contributed by atoms with Gasteiger partial charge in [-0.2, -0.15) is 0 Å². The second-order valence-corrected chi connectivity index (χ2v) is 6.23. The zero-order valence-electron chi connectivity index (χ0n) is 15.3. The Morgan fingerprint density at radius 2 is 1.96 bits per heavy atom. The number of hydrogen-bond acceptors (Lipinski definition) is 3. The van der Waals surface area contributed by atoms with Crippen LogP contribution in [0.15, 0.2) is 53.5 Å². The standard InChI is InChI=1S/C21H27N3O2/c1-22-21(23-12-5-14-25-19-6-3-2-4-7-19)24-13-10-17-8-9-20-18(16-17)11-15-26-20/h2-4,6-9,16H,5,10-15H2,1H3,(H2,22,23,24). The number of ether oxygens (including phenoxy) is 2. The maximum Gasteiger partial charge on any atom is 0.190 e. The molecule has 2 N–H and O–H groups in total. The fourth-order valence-electron chi connectivity index (χ4n) is 2.93. The van der Waals surface area contributed by atoms with E-state index in [4.69, 9.17) is 9.47 Å². The molecule has 2 aromatic rings. The van der Waals surface area contributed by atoms with Gasteiger partial charge >= 0.3 is 0 Å². The van der Waals surface area contributed by atoms with Gasteiger partial charge in [0.25, 0.3) is 0 Å². The Labute approximate surface area is 155 Å². The smallest absolute Gasteiger partial charge is 0.190 e. The minimum absolute atomic E-state index is 0.686. The first-order chi connectivity index (χ1) is 12.8. The van der Waals surface area contributed by atoms with E-state index in [9.17, 15) is 0 Å². The van der Waals surface area contributed by atoms with Crippen molar-refractivity contribution in [1.82, 2.24) is 10.6 Å². The molecular formula is C21H27N3O2. The summed E-state index contributed by atoms with van der Waals surface area (Å²) in [6, 6.07) is 16.4. The maximum atomic E-state index is 5.69. The van der Waals surface area contributed by atoms with Crippen molar-refractivity contribution >= 4 is 5.96 Å². The van der Waals surface area contributed by atoms with Crippen molar-refractivity contribution in [3.8, 4) is 11.5 Å². The third-order valence-electron chi connectivity index (χ3n) is 4.31. The largest absolute Gasteiger partial charge is 0.494 e. The number of rotatable bonds is 8. The number of fused-ring (bicyclic) bond motifs is 1. The average molecular weight is 353 g/mol. The lowest BCUT2D eigenvalue weighted by Crippen LogP contribution is -2.39. The summed E-state index contributed by atoms with van der Waals surface area (Å²) < 4.78 is 11.2. The number of hydrogen-bond donors (Lipinski definition) is 2. The number of para-hydroxylation sites is 1. The Morgan fingerprint density at radius 3 is 2.81 bits per heavy atom. The van der Waals surface area contributed by atoms with Crippen LogP contribution in [0.25, 0.3) is 0 Å². The summed E-state index contributed by atoms with van der Waals surface area (Å²) in [5.74, 6) is 2.78. The van der Waals surface area contributed by atoms with E-state index in [1.165, 1.54) is 11.1 Å². The van der Waals surface area contributed by atoms with Crippen LogP contribution in [0.4, 0.5) is 0 Å². The summed E-state index contributed by atoms with van der Waals surface area (Å²) in [5, 5.41) is 6.68. The number of benzene rings is 2. The first-order valence-electron chi connectivity index (χ1n) is 9.22. The second-order valence-electron chi connectivity index (χ2n) is 6.23. The van der Waals surface area contributed by atoms with E-state index >= 15 is 0 Å². The molecule has 0 saturated heterocycles. The van der Waals surface area contributed by atoms with E-state index in [-0.39, 0.29) is 0 Å². The molecule has 0 unspecified atom stereocenters. The molecule has 0 fully saturated rings. The number of guanidine groups is 1. The van der Waals surface area contributed by atoms with E-state index in [2.05, 4.69) is 33.8 Å². The summed E-state index contributed by atoms with van der Waals surface area (Å²) in [4.78, 5) is 4.27. The second kappa shape index (κ2) is 9.70. The molecule has 0 aliphatic carbocycles. The van der Waals surface area contributed by atoms with Crippen molar-refractivity contribution in [3.63, 3.8) is 0 Å². The lowest BCUT2D eigenvalue weighted by molar-refractivity contribution is 0.311.